The highest BCUT2D eigenvalue weighted by molar-refractivity contribution is 6.09. The zero-order valence-corrected chi connectivity index (χ0v) is 28.2. The first-order valence-electron chi connectivity index (χ1n) is 17.5. The lowest BCUT2D eigenvalue weighted by molar-refractivity contribution is 1.28. The molecule has 0 aromatic heterocycles. The first-order valence-corrected chi connectivity index (χ1v) is 17.5. The molecule has 0 spiro atoms. The lowest BCUT2D eigenvalue weighted by Crippen LogP contribution is -2.12. The molecule has 1 heteroatoms. The third-order valence-corrected chi connectivity index (χ3v) is 9.86. The highest BCUT2D eigenvalue weighted by Gasteiger charge is 2.23. The summed E-state index contributed by atoms with van der Waals surface area (Å²) < 4.78 is 0. The summed E-state index contributed by atoms with van der Waals surface area (Å²) in [7, 11) is 0. The van der Waals surface area contributed by atoms with Crippen molar-refractivity contribution in [3.63, 3.8) is 0 Å². The van der Waals surface area contributed by atoms with Crippen LogP contribution in [-0.2, 0) is 0 Å². The molecule has 0 saturated heterocycles. The zero-order chi connectivity index (χ0) is 34.0. The van der Waals surface area contributed by atoms with Gasteiger partial charge in [-0.25, -0.2) is 0 Å². The van der Waals surface area contributed by atoms with Crippen LogP contribution in [0.2, 0.25) is 0 Å². The molecule has 0 aliphatic heterocycles. The van der Waals surface area contributed by atoms with Gasteiger partial charge in [0.2, 0.25) is 0 Å². The van der Waals surface area contributed by atoms with Gasteiger partial charge in [-0.15, -0.1) is 0 Å². The van der Waals surface area contributed by atoms with E-state index in [1.54, 1.807) is 0 Å². The van der Waals surface area contributed by atoms with Crippen LogP contribution in [0.3, 0.4) is 0 Å². The molecule has 0 unspecified atom stereocenters. The number of hydrogen-bond acceptors (Lipinski definition) is 1. The van der Waals surface area contributed by atoms with Gasteiger partial charge in [-0.2, -0.15) is 0 Å². The highest BCUT2D eigenvalue weighted by atomic mass is 15.1. The number of nitrogens with zero attached hydrogens (tertiary/aromatic N) is 1. The third-order valence-electron chi connectivity index (χ3n) is 9.86. The van der Waals surface area contributed by atoms with Gasteiger partial charge in [-0.1, -0.05) is 188 Å². The highest BCUT2D eigenvalue weighted by Crippen LogP contribution is 2.48. The molecule has 0 saturated carbocycles. The van der Waals surface area contributed by atoms with Crippen molar-refractivity contribution in [1.29, 1.82) is 0 Å². The fourth-order valence-corrected chi connectivity index (χ4v) is 7.53. The van der Waals surface area contributed by atoms with Crippen molar-refractivity contribution >= 4 is 38.6 Å². The molecule has 9 aromatic carbocycles. The largest absolute Gasteiger partial charge is 0.309 e. The van der Waals surface area contributed by atoms with Gasteiger partial charge in [-0.3, -0.25) is 0 Å². The van der Waals surface area contributed by atoms with Crippen molar-refractivity contribution in [2.75, 3.05) is 4.90 Å². The van der Waals surface area contributed by atoms with Gasteiger partial charge >= 0.3 is 0 Å². The van der Waals surface area contributed by atoms with E-state index in [2.05, 4.69) is 217 Å². The van der Waals surface area contributed by atoms with Crippen LogP contribution >= 0.6 is 0 Å². The molecule has 0 bridgehead atoms. The van der Waals surface area contributed by atoms with Gasteiger partial charge in [0, 0.05) is 16.8 Å². The molecule has 240 valence electrons. The fraction of sp³-hybridized carbons (Fsp3) is 0. The average Bonchev–Trinajstić information content (AvgIpc) is 3.21. The molecular weight excluding hydrogens is 615 g/mol. The molecule has 0 N–H and O–H groups in total. The molecule has 0 heterocycles. The standard InChI is InChI=1S/C50H35N/c1-4-17-37(18-5-1)44-34-33-40(43-29-14-22-36-21-10-11-27-42(36)43)35-49(44)51(41-25-8-3-9-26-41)48-32-13-12-28-46(48)47-31-16-24-39-23-15-30-45(50(39)47)38-19-6-2-7-20-38/h1-35H. The van der Waals surface area contributed by atoms with Crippen LogP contribution < -0.4 is 4.90 Å². The first kappa shape index (κ1) is 30.4. The molecule has 0 amide bonds. The second kappa shape index (κ2) is 13.3. The van der Waals surface area contributed by atoms with E-state index in [9.17, 15) is 0 Å². The second-order valence-electron chi connectivity index (χ2n) is 12.9. The van der Waals surface area contributed by atoms with Gasteiger partial charge in [-0.05, 0) is 79.2 Å². The monoisotopic (exact) mass is 649 g/mol. The Morgan fingerprint density at radius 1 is 0.275 bits per heavy atom. The Labute approximate surface area is 299 Å². The van der Waals surface area contributed by atoms with Crippen LogP contribution in [0.5, 0.6) is 0 Å². The zero-order valence-electron chi connectivity index (χ0n) is 28.2. The fourth-order valence-electron chi connectivity index (χ4n) is 7.53. The molecule has 9 aromatic rings. The summed E-state index contributed by atoms with van der Waals surface area (Å²) in [5, 5.41) is 4.95. The van der Waals surface area contributed by atoms with Gasteiger partial charge in [0.25, 0.3) is 0 Å². The lowest BCUT2D eigenvalue weighted by Gasteiger charge is -2.31. The molecule has 0 fully saturated rings. The summed E-state index contributed by atoms with van der Waals surface area (Å²) in [4.78, 5) is 2.45. The van der Waals surface area contributed by atoms with Crippen LogP contribution in [0.1, 0.15) is 0 Å². The maximum atomic E-state index is 2.45. The van der Waals surface area contributed by atoms with Crippen LogP contribution in [-0.4, -0.2) is 0 Å². The molecule has 1 nitrogen and oxygen atoms in total. The van der Waals surface area contributed by atoms with Crippen molar-refractivity contribution < 1.29 is 0 Å². The van der Waals surface area contributed by atoms with E-state index in [0.29, 0.717) is 0 Å². The van der Waals surface area contributed by atoms with Crippen molar-refractivity contribution in [2.45, 2.75) is 0 Å². The SMILES string of the molecule is c1ccc(-c2ccc(-c3cccc4ccccc34)cc2N(c2ccccc2)c2ccccc2-c2cccc3cccc(-c4ccccc4)c23)cc1. The lowest BCUT2D eigenvalue weighted by atomic mass is 9.90. The van der Waals surface area contributed by atoms with Gasteiger partial charge < -0.3 is 4.90 Å². The average molecular weight is 650 g/mol. The van der Waals surface area contributed by atoms with E-state index in [-0.39, 0.29) is 0 Å². The Balaban J connectivity index is 1.34. The predicted octanol–water partition coefficient (Wildman–Crippen LogP) is 14.1. The van der Waals surface area contributed by atoms with E-state index >= 15 is 0 Å². The molecule has 0 atom stereocenters. The summed E-state index contributed by atoms with van der Waals surface area (Å²) in [6.07, 6.45) is 0. The minimum Gasteiger partial charge on any atom is -0.309 e. The maximum Gasteiger partial charge on any atom is 0.0546 e. The molecular formula is C50H35N. The number of rotatable bonds is 7. The van der Waals surface area contributed by atoms with Crippen molar-refractivity contribution in [3.05, 3.63) is 212 Å². The minimum absolute atomic E-state index is 1.10. The van der Waals surface area contributed by atoms with E-state index in [1.165, 1.54) is 66.1 Å². The molecule has 51 heavy (non-hydrogen) atoms. The minimum atomic E-state index is 1.10. The Kier molecular flexibility index (Phi) is 7.92. The van der Waals surface area contributed by atoms with E-state index in [1.807, 2.05) is 0 Å². The summed E-state index contributed by atoms with van der Waals surface area (Å²) in [6, 6.07) is 76.7. The van der Waals surface area contributed by atoms with Crippen LogP contribution in [0.25, 0.3) is 66.1 Å². The molecule has 0 radical (unpaired) electrons. The van der Waals surface area contributed by atoms with E-state index in [0.717, 1.165) is 17.1 Å². The smallest absolute Gasteiger partial charge is 0.0546 e. The van der Waals surface area contributed by atoms with Crippen molar-refractivity contribution in [3.8, 4) is 44.5 Å². The molecule has 0 aliphatic carbocycles. The van der Waals surface area contributed by atoms with Gasteiger partial charge in [0.15, 0.2) is 0 Å². The Morgan fingerprint density at radius 2 is 0.804 bits per heavy atom. The van der Waals surface area contributed by atoms with Crippen LogP contribution in [0.15, 0.2) is 212 Å². The number of benzene rings is 9. The third kappa shape index (κ3) is 5.65. The number of para-hydroxylation sites is 2. The summed E-state index contributed by atoms with van der Waals surface area (Å²) in [6.45, 7) is 0. The number of anilines is 3. The summed E-state index contributed by atoms with van der Waals surface area (Å²) >= 11 is 0. The predicted molar refractivity (Wildman–Crippen MR) is 218 cm³/mol. The second-order valence-corrected chi connectivity index (χ2v) is 12.9. The number of hydrogen-bond donors (Lipinski definition) is 0. The number of fused-ring (bicyclic) bond motifs is 2. The quantitative estimate of drug-likeness (QED) is 0.166. The van der Waals surface area contributed by atoms with Gasteiger partial charge in [0.1, 0.15) is 0 Å². The Hall–Kier alpha value is -6.70. The summed E-state index contributed by atoms with van der Waals surface area (Å²) in [5.41, 5.74) is 12.9. The van der Waals surface area contributed by atoms with Crippen molar-refractivity contribution in [2.24, 2.45) is 0 Å². The first-order chi connectivity index (χ1) is 25.3. The van der Waals surface area contributed by atoms with E-state index < -0.39 is 0 Å². The van der Waals surface area contributed by atoms with Crippen LogP contribution in [0, 0.1) is 0 Å². The normalized spacial score (nSPS) is 11.1. The maximum absolute atomic E-state index is 2.45. The molecule has 0 aliphatic rings. The van der Waals surface area contributed by atoms with Crippen molar-refractivity contribution in [1.82, 2.24) is 0 Å². The Bertz CT molecular complexity index is 2610. The van der Waals surface area contributed by atoms with Crippen LogP contribution in [0.4, 0.5) is 17.1 Å². The van der Waals surface area contributed by atoms with Gasteiger partial charge in [0.05, 0.1) is 11.4 Å². The topological polar surface area (TPSA) is 3.24 Å². The Morgan fingerprint density at radius 3 is 1.55 bits per heavy atom. The van der Waals surface area contributed by atoms with E-state index in [4.69, 9.17) is 0 Å². The molecule has 9 rings (SSSR count). The summed E-state index contributed by atoms with van der Waals surface area (Å²) in [5.74, 6) is 0.